The third-order valence-electron chi connectivity index (χ3n) is 8.76. The maximum Gasteiger partial charge on any atom is 0.270 e. The Balaban J connectivity index is 1.57. The summed E-state index contributed by atoms with van der Waals surface area (Å²) in [6, 6.07) is 8.93. The van der Waals surface area contributed by atoms with Crippen LogP contribution in [0, 0.1) is 17.8 Å². The lowest BCUT2D eigenvalue weighted by Gasteiger charge is -2.32. The third kappa shape index (κ3) is 8.92. The van der Waals surface area contributed by atoms with Crippen molar-refractivity contribution in [1.29, 1.82) is 0 Å². The van der Waals surface area contributed by atoms with Gasteiger partial charge in [-0.1, -0.05) is 70.2 Å². The summed E-state index contributed by atoms with van der Waals surface area (Å²) in [6.45, 7) is 4.38. The van der Waals surface area contributed by atoms with Crippen molar-refractivity contribution in [1.82, 2.24) is 26.3 Å². The lowest BCUT2D eigenvalue weighted by atomic mass is 9.84. The highest BCUT2D eigenvalue weighted by atomic mass is 16.2. The van der Waals surface area contributed by atoms with Gasteiger partial charge in [-0.05, 0) is 43.2 Å². The van der Waals surface area contributed by atoms with Gasteiger partial charge in [-0.15, -0.1) is 0 Å². The average Bonchev–Trinajstić information content (AvgIpc) is 3.51. The molecule has 2 fully saturated rings. The van der Waals surface area contributed by atoms with Crippen LogP contribution in [-0.4, -0.2) is 59.3 Å². The van der Waals surface area contributed by atoms with Crippen molar-refractivity contribution < 1.29 is 24.0 Å². The number of pyridine rings is 1. The smallest absolute Gasteiger partial charge is 0.270 e. The van der Waals surface area contributed by atoms with Crippen LogP contribution in [-0.2, 0) is 19.2 Å². The predicted molar refractivity (Wildman–Crippen MR) is 171 cm³/mol. The number of aromatic nitrogens is 1. The lowest BCUT2D eigenvalue weighted by molar-refractivity contribution is 0.0927. The molecule has 1 aliphatic heterocycles. The Morgan fingerprint density at radius 3 is 2.38 bits per heavy atom. The van der Waals surface area contributed by atoms with Crippen LogP contribution in [0.25, 0.3) is 10.9 Å². The van der Waals surface area contributed by atoms with Gasteiger partial charge in [0.05, 0.1) is 29.3 Å². The summed E-state index contributed by atoms with van der Waals surface area (Å²) in [5.41, 5.74) is 1.59. The molecule has 1 saturated carbocycles. The summed E-state index contributed by atoms with van der Waals surface area (Å²) in [4.78, 5) is 65.6. The minimum atomic E-state index is -0.749. The molecule has 10 heteroatoms. The summed E-state index contributed by atoms with van der Waals surface area (Å²) >= 11 is 0. The molecular weight excluding hydrogens is 570 g/mol. The highest BCUT2D eigenvalue weighted by Crippen LogP contribution is 2.29. The van der Waals surface area contributed by atoms with Gasteiger partial charge in [-0.2, -0.15) is 0 Å². The van der Waals surface area contributed by atoms with Crippen LogP contribution in [0.4, 0.5) is 0 Å². The Morgan fingerprint density at radius 1 is 0.933 bits per heavy atom. The van der Waals surface area contributed by atoms with Gasteiger partial charge in [0.2, 0.25) is 0 Å². The molecule has 2 heterocycles. The number of carbonyl (C=O) groups excluding carboxylic acids is 5. The molecule has 2 aromatic rings. The quantitative estimate of drug-likeness (QED) is 0.236. The van der Waals surface area contributed by atoms with Gasteiger partial charge < -0.3 is 21.3 Å². The topological polar surface area (TPSA) is 146 Å². The molecule has 45 heavy (non-hydrogen) atoms. The van der Waals surface area contributed by atoms with Crippen molar-refractivity contribution in [3.8, 4) is 0 Å². The molecule has 10 nitrogen and oxygen atoms in total. The number of para-hydroxylation sites is 1. The van der Waals surface area contributed by atoms with E-state index in [2.05, 4.69) is 26.3 Å². The van der Waals surface area contributed by atoms with E-state index in [9.17, 15) is 24.0 Å². The lowest BCUT2D eigenvalue weighted by Crippen LogP contribution is -2.49. The van der Waals surface area contributed by atoms with Crippen molar-refractivity contribution in [2.24, 2.45) is 17.8 Å². The summed E-state index contributed by atoms with van der Waals surface area (Å²) in [5.74, 6) is 7.24. The van der Waals surface area contributed by atoms with Gasteiger partial charge in [0.15, 0.2) is 0 Å². The van der Waals surface area contributed by atoms with E-state index in [1.807, 2.05) is 67.9 Å². The van der Waals surface area contributed by atoms with Crippen molar-refractivity contribution in [2.75, 3.05) is 6.54 Å². The van der Waals surface area contributed by atoms with Crippen molar-refractivity contribution >= 4 is 40.6 Å². The van der Waals surface area contributed by atoms with Gasteiger partial charge in [0.25, 0.3) is 5.91 Å². The standard InChI is InChI=1S/C35H41N5O5/c1-23(2)34(40-35(45)29-13-12-25-10-6-7-11-28(25)38-29)33(22-44)39-30(18-24-8-4-3-5-9-24)32(21-43)37-27(15-17-41)19-26-14-16-36-31(26)20-42/h6-7,10-13,15,23-24,26-27,30,34,36-37,39H,3-5,8-9,14,16,18-19H2,1-2H3,(H,40,45)/t26-,27+,30-,34-/m0/s1. The molecule has 0 radical (unpaired) electrons. The normalized spacial score (nSPS) is 18.3. The van der Waals surface area contributed by atoms with Gasteiger partial charge in [-0.3, -0.25) is 4.79 Å². The minimum absolute atomic E-state index is 0.100. The number of hydrogen-bond donors (Lipinski definition) is 4. The highest BCUT2D eigenvalue weighted by Gasteiger charge is 2.31. The third-order valence-corrected chi connectivity index (χ3v) is 8.76. The van der Waals surface area contributed by atoms with Gasteiger partial charge in [-0.25, -0.2) is 24.2 Å². The molecule has 1 aromatic carbocycles. The molecule has 0 spiro atoms. The zero-order valence-electron chi connectivity index (χ0n) is 25.9. The van der Waals surface area contributed by atoms with E-state index in [0.29, 0.717) is 42.9 Å². The number of carbonyl (C=O) groups is 1. The fourth-order valence-electron chi connectivity index (χ4n) is 6.34. The minimum Gasteiger partial charge on any atom is -0.379 e. The number of allylic oxidation sites excluding steroid dienone is 1. The van der Waals surface area contributed by atoms with Crippen LogP contribution in [0.15, 0.2) is 59.6 Å². The van der Waals surface area contributed by atoms with Crippen LogP contribution in [0.5, 0.6) is 0 Å². The molecule has 1 aliphatic carbocycles. The molecule has 4 N–H and O–H groups in total. The first kappa shape index (κ1) is 33.2. The number of benzene rings is 1. The van der Waals surface area contributed by atoms with Crippen LogP contribution in [0.1, 0.15) is 75.7 Å². The van der Waals surface area contributed by atoms with E-state index < -0.39 is 24.0 Å². The highest BCUT2D eigenvalue weighted by molar-refractivity contribution is 5.95. The zero-order valence-corrected chi connectivity index (χ0v) is 25.9. The maximum absolute atomic E-state index is 13.4. The monoisotopic (exact) mass is 611 g/mol. The van der Waals surface area contributed by atoms with E-state index in [1.165, 1.54) is 6.08 Å². The molecule has 1 amide bonds. The molecule has 1 aromatic heterocycles. The van der Waals surface area contributed by atoms with E-state index in [-0.39, 0.29) is 28.9 Å². The average molecular weight is 612 g/mol. The number of fused-ring (bicyclic) bond motifs is 1. The second-order valence-corrected chi connectivity index (χ2v) is 12.3. The molecular formula is C35H41N5O5. The van der Waals surface area contributed by atoms with Gasteiger partial charge in [0, 0.05) is 23.9 Å². The second-order valence-electron chi connectivity index (χ2n) is 12.3. The van der Waals surface area contributed by atoms with Crippen LogP contribution in [0.3, 0.4) is 0 Å². The van der Waals surface area contributed by atoms with E-state index in [4.69, 9.17) is 0 Å². The predicted octanol–water partition coefficient (Wildman–Crippen LogP) is 3.41. The Labute approximate surface area is 263 Å². The summed E-state index contributed by atoms with van der Waals surface area (Å²) in [7, 11) is 0. The SMILES string of the molecule is CC(C)[C@H](NC(=O)c1ccc2ccccc2n1)C(=C=O)N[C@@H](CC1CCCCC1)C(=C=O)N[C@H](C=C=O)C[C@@H]1CCNC1=C=O. The first-order chi connectivity index (χ1) is 21.9. The van der Waals surface area contributed by atoms with Crippen molar-refractivity contribution in [2.45, 2.75) is 83.3 Å². The number of nitrogens with zero attached hydrogens (tertiary/aromatic N) is 1. The molecule has 4 rings (SSSR count). The summed E-state index contributed by atoms with van der Waals surface area (Å²) < 4.78 is 0. The first-order valence-electron chi connectivity index (χ1n) is 15.8. The Bertz CT molecular complexity index is 1560. The van der Waals surface area contributed by atoms with Crippen LogP contribution >= 0.6 is 0 Å². The fraction of sp³-hybridized carbons (Fsp3) is 0.486. The number of nitrogens with one attached hydrogen (secondary N) is 4. The Hall–Kier alpha value is -4.70. The maximum atomic E-state index is 13.4. The number of rotatable bonds is 14. The number of amides is 1. The molecule has 4 atom stereocenters. The van der Waals surface area contributed by atoms with Crippen LogP contribution in [0.2, 0.25) is 0 Å². The largest absolute Gasteiger partial charge is 0.379 e. The Kier molecular flexibility index (Phi) is 12.1. The zero-order chi connectivity index (χ0) is 32.2. The summed E-state index contributed by atoms with van der Waals surface area (Å²) in [5, 5.41) is 13.2. The number of hydrogen-bond acceptors (Lipinski definition) is 9. The first-order valence-corrected chi connectivity index (χ1v) is 15.8. The Morgan fingerprint density at radius 2 is 1.69 bits per heavy atom. The molecule has 0 unspecified atom stereocenters. The van der Waals surface area contributed by atoms with Crippen LogP contribution < -0.4 is 21.3 Å². The fourth-order valence-corrected chi connectivity index (χ4v) is 6.34. The van der Waals surface area contributed by atoms with Crippen molar-refractivity contribution in [3.63, 3.8) is 0 Å². The molecule has 1 saturated heterocycles. The molecule has 236 valence electrons. The van der Waals surface area contributed by atoms with E-state index in [0.717, 1.165) is 37.5 Å². The van der Waals surface area contributed by atoms with E-state index >= 15 is 0 Å². The summed E-state index contributed by atoms with van der Waals surface area (Å²) in [6.07, 6.45) is 8.18. The van der Waals surface area contributed by atoms with Gasteiger partial charge in [0.1, 0.15) is 40.9 Å². The van der Waals surface area contributed by atoms with E-state index in [1.54, 1.807) is 6.07 Å². The molecule has 2 aliphatic rings. The second kappa shape index (κ2) is 16.4. The van der Waals surface area contributed by atoms with Crippen molar-refractivity contribution in [3.05, 3.63) is 65.3 Å². The molecule has 0 bridgehead atoms. The van der Waals surface area contributed by atoms with Gasteiger partial charge >= 0.3 is 0 Å².